The maximum atomic E-state index is 16.0. The zero-order valence-electron chi connectivity index (χ0n) is 47.9. The molecular weight excluding hydrogens is 1170 g/mol. The number of halogens is 6. The predicted octanol–water partition coefficient (Wildman–Crippen LogP) is 10.0. The van der Waals surface area contributed by atoms with Crippen LogP contribution in [0.15, 0.2) is 0 Å². The van der Waals surface area contributed by atoms with Crippen LogP contribution in [0.2, 0.25) is 0 Å². The van der Waals surface area contributed by atoms with E-state index in [1.807, 2.05) is 13.8 Å². The average Bonchev–Trinajstić information content (AvgIpc) is 3.94. The van der Waals surface area contributed by atoms with Crippen LogP contribution >= 0.6 is 0 Å². The number of rotatable bonds is 21. The van der Waals surface area contributed by atoms with E-state index in [-0.39, 0.29) is 108 Å². The Morgan fingerprint density at radius 3 is 1.90 bits per heavy atom. The van der Waals surface area contributed by atoms with Gasteiger partial charge >= 0.3 is 57.6 Å². The lowest BCUT2D eigenvalue weighted by Gasteiger charge is -2.62. The number of carbonyl (C=O) groups excluding carboxylic acids is 4. The second kappa shape index (κ2) is 23.3. The van der Waals surface area contributed by atoms with Crippen molar-refractivity contribution in [1.29, 1.82) is 0 Å². The topological polar surface area (TPSA) is 257 Å². The summed E-state index contributed by atoms with van der Waals surface area (Å²) in [4.78, 5) is 57.3. The van der Waals surface area contributed by atoms with E-state index in [1.54, 1.807) is 0 Å². The van der Waals surface area contributed by atoms with Gasteiger partial charge in [-0.3, -0.25) is 27.5 Å². The van der Waals surface area contributed by atoms with Gasteiger partial charge in [0.2, 0.25) is 0 Å². The van der Waals surface area contributed by atoms with Crippen molar-refractivity contribution in [3.05, 3.63) is 0 Å². The summed E-state index contributed by atoms with van der Waals surface area (Å²) in [5.41, 5.74) is -13.3. The Kier molecular flexibility index (Phi) is 18.7. The van der Waals surface area contributed by atoms with Gasteiger partial charge in [-0.05, 0) is 177 Å². The molecule has 2 N–H and O–H groups in total. The van der Waals surface area contributed by atoms with Crippen LogP contribution in [-0.2, 0) is 72.9 Å². The minimum atomic E-state index is -6.28. The Hall–Kier alpha value is -2.30. The largest absolute Gasteiger partial charge is 0.512 e. The van der Waals surface area contributed by atoms with E-state index in [2.05, 4.69) is 38.8 Å². The number of Topliss-reactive ketones (excluding diaryl/α,β-unsaturated/α-hetero) is 3. The molecule has 8 aliphatic rings. The summed E-state index contributed by atoms with van der Waals surface area (Å²) in [6.07, 6.45) is 12.2. The molecule has 0 spiro atoms. The van der Waals surface area contributed by atoms with Crippen LogP contribution in [-0.4, -0.2) is 87.3 Å². The Bertz CT molecular complexity index is 2910. The van der Waals surface area contributed by atoms with Gasteiger partial charge in [0, 0.05) is 42.9 Å². The molecular formula is C55H84F6N2O15S4. The highest BCUT2D eigenvalue weighted by Gasteiger charge is 2.69. The highest BCUT2D eigenvalue weighted by Crippen LogP contribution is 2.71. The van der Waals surface area contributed by atoms with E-state index in [4.69, 9.17) is 8.92 Å². The zero-order valence-corrected chi connectivity index (χ0v) is 51.2. The standard InChI is InChI=1S/C55H84F6N2O15S4/c1-31(2)9-8-10-33(40-15-16-41-37-13-12-34-28-36(78-82(74,75)63-80(70,71)55(59,60)61)20-23-50(34,4)42(37)21-24-51(40,41)5)27-38-44-29-35(64)19-22-52(44,6)45-30-46(65)53(7)39(14-17-43(53)48(45)49(38)67)32(3)11-18-47(66)76-25-26-77-81(72,73)62-79(68,69)54(56,57)58/h31-34,36-45,48,62-63H,8-30H2,1-7H3. The van der Waals surface area contributed by atoms with Crippen molar-refractivity contribution in [3.63, 3.8) is 0 Å². The molecule has 17 nitrogen and oxygen atoms in total. The van der Waals surface area contributed by atoms with Crippen LogP contribution in [0, 0.1) is 105 Å². The number of hydrogen-bond acceptors (Lipinski definition) is 15. The third kappa shape index (κ3) is 12.6. The number of alkyl halides is 6. The summed E-state index contributed by atoms with van der Waals surface area (Å²) in [7, 11) is -23.2. The van der Waals surface area contributed by atoms with Gasteiger partial charge in [0.1, 0.15) is 30.6 Å². The molecule has 8 fully saturated rings. The lowest BCUT2D eigenvalue weighted by molar-refractivity contribution is -0.176. The van der Waals surface area contributed by atoms with Crippen LogP contribution in [0.3, 0.4) is 0 Å². The van der Waals surface area contributed by atoms with E-state index >= 15 is 4.79 Å². The van der Waals surface area contributed by atoms with Crippen molar-refractivity contribution in [2.75, 3.05) is 13.2 Å². The first-order valence-corrected chi connectivity index (χ1v) is 35.3. The first-order valence-electron chi connectivity index (χ1n) is 29.5. The molecule has 0 heterocycles. The van der Waals surface area contributed by atoms with Gasteiger partial charge in [-0.2, -0.15) is 43.2 Å². The third-order valence-corrected chi connectivity index (χ3v) is 28.6. The molecule has 0 aliphatic heterocycles. The number of carbonyl (C=O) groups is 4. The lowest BCUT2D eigenvalue weighted by atomic mass is 9.41. The van der Waals surface area contributed by atoms with Crippen LogP contribution in [0.4, 0.5) is 26.3 Å². The summed E-state index contributed by atoms with van der Waals surface area (Å²) >= 11 is 0. The number of ether oxygens (including phenoxy) is 1. The number of fused-ring (bicyclic) bond motifs is 10. The second-order valence-electron chi connectivity index (χ2n) is 27.4. The minimum absolute atomic E-state index is 0.0214. The molecule has 82 heavy (non-hydrogen) atoms. The first-order chi connectivity index (χ1) is 37.7. The first kappa shape index (κ1) is 65.7. The van der Waals surface area contributed by atoms with Crippen LogP contribution in [0.25, 0.3) is 0 Å². The van der Waals surface area contributed by atoms with Gasteiger partial charge in [-0.15, -0.1) is 0 Å². The Labute approximate surface area is 480 Å². The summed E-state index contributed by atoms with van der Waals surface area (Å²) in [6.45, 7) is 13.6. The summed E-state index contributed by atoms with van der Waals surface area (Å²) in [6, 6.07) is 0. The van der Waals surface area contributed by atoms with Gasteiger partial charge in [-0.1, -0.05) is 76.0 Å². The molecule has 0 bridgehead atoms. The monoisotopic (exact) mass is 1250 g/mol. The van der Waals surface area contributed by atoms with E-state index in [0.29, 0.717) is 82.8 Å². The summed E-state index contributed by atoms with van der Waals surface area (Å²) in [5, 5.41) is 0. The molecule has 8 saturated carbocycles. The Balaban J connectivity index is 0.962. The van der Waals surface area contributed by atoms with E-state index < -0.39 is 93.7 Å². The van der Waals surface area contributed by atoms with Crippen molar-refractivity contribution in [2.24, 2.45) is 105 Å². The fourth-order valence-corrected chi connectivity index (χ4v) is 23.2. The van der Waals surface area contributed by atoms with Crippen molar-refractivity contribution in [2.45, 2.75) is 200 Å². The van der Waals surface area contributed by atoms with Crippen molar-refractivity contribution < 1.29 is 92.3 Å². The van der Waals surface area contributed by atoms with Gasteiger partial charge < -0.3 is 4.74 Å². The molecule has 0 amide bonds. The molecule has 470 valence electrons. The van der Waals surface area contributed by atoms with E-state index in [9.17, 15) is 74.4 Å². The molecule has 0 radical (unpaired) electrons. The smallest absolute Gasteiger partial charge is 0.463 e. The number of ketones is 3. The molecule has 0 aromatic carbocycles. The molecule has 18 unspecified atom stereocenters. The average molecular weight is 1260 g/mol. The maximum absolute atomic E-state index is 16.0. The highest BCUT2D eigenvalue weighted by atomic mass is 32.3. The van der Waals surface area contributed by atoms with Crippen molar-refractivity contribution in [1.82, 2.24) is 8.25 Å². The zero-order chi connectivity index (χ0) is 60.8. The fraction of sp³-hybridized carbons (Fsp3) is 0.927. The molecule has 8 rings (SSSR count). The van der Waals surface area contributed by atoms with E-state index in [1.165, 1.54) is 0 Å². The normalized spacial score (nSPS) is 38.9. The quantitative estimate of drug-likeness (QED) is 0.0616. The molecule has 0 aromatic heterocycles. The molecule has 18 atom stereocenters. The number of nitrogens with one attached hydrogen (secondary N) is 2. The van der Waals surface area contributed by atoms with Crippen LogP contribution in [0.5, 0.6) is 0 Å². The molecule has 8 aliphatic carbocycles. The molecule has 0 saturated heterocycles. The van der Waals surface area contributed by atoms with Gasteiger partial charge in [0.15, 0.2) is 0 Å². The molecule has 27 heteroatoms. The maximum Gasteiger partial charge on any atom is 0.512 e. The number of sulfonamides is 2. The Morgan fingerprint density at radius 1 is 0.646 bits per heavy atom. The molecule has 0 aromatic rings. The highest BCUT2D eigenvalue weighted by molar-refractivity contribution is 8.03. The van der Waals surface area contributed by atoms with Crippen molar-refractivity contribution in [3.8, 4) is 0 Å². The predicted molar refractivity (Wildman–Crippen MR) is 286 cm³/mol. The number of hydrogen-bond donors (Lipinski definition) is 2. The third-order valence-electron chi connectivity index (χ3n) is 23.0. The van der Waals surface area contributed by atoms with Gasteiger partial charge in [-0.25, -0.2) is 16.8 Å². The SMILES string of the molecule is CC(C)CCCC(CC1C(=O)C2C(CC(=O)C3(C)C(C(C)CCC(=O)OCCOS(=O)(=O)NS(=O)(=O)C(F)(F)F)CCC23)C2(C)CCC(=O)CC12)C1CCC2C3CCC4CC(OS(=O)(=O)NS(=O)(=O)C(F)(F)F)CCC4(C)C3CCC12C. The number of esters is 1. The lowest BCUT2D eigenvalue weighted by Crippen LogP contribution is -2.63. The fourth-order valence-electron chi connectivity index (χ4n) is 19.1. The summed E-state index contributed by atoms with van der Waals surface area (Å²) in [5.74, 6) is -0.174. The van der Waals surface area contributed by atoms with Gasteiger partial charge in [0.25, 0.3) is 0 Å². The summed E-state index contributed by atoms with van der Waals surface area (Å²) < 4.78 is 187. The van der Waals surface area contributed by atoms with Crippen LogP contribution in [0.1, 0.15) is 183 Å². The van der Waals surface area contributed by atoms with Gasteiger partial charge in [0.05, 0.1) is 6.10 Å². The Morgan fingerprint density at radius 2 is 1.26 bits per heavy atom. The minimum Gasteiger partial charge on any atom is -0.463 e. The van der Waals surface area contributed by atoms with Crippen molar-refractivity contribution >= 4 is 64.0 Å². The van der Waals surface area contributed by atoms with E-state index in [0.717, 1.165) is 57.8 Å². The second-order valence-corrected chi connectivity index (χ2v) is 33.9. The van der Waals surface area contributed by atoms with Crippen LogP contribution < -0.4 is 8.25 Å².